The molecule has 1 aliphatic rings. The van der Waals surface area contributed by atoms with Gasteiger partial charge in [0, 0.05) is 59.1 Å². The number of rotatable bonds is 5. The van der Waals surface area contributed by atoms with E-state index >= 15 is 0 Å². The lowest BCUT2D eigenvalue weighted by Crippen LogP contribution is -2.27. The quantitative estimate of drug-likeness (QED) is 0.537. The molecule has 158 valence electrons. The second kappa shape index (κ2) is 9.57. The van der Waals surface area contributed by atoms with Gasteiger partial charge in [0.15, 0.2) is 0 Å². The largest absolute Gasteiger partial charge is 0.339 e. The summed E-state index contributed by atoms with van der Waals surface area (Å²) >= 11 is 6.54. The Morgan fingerprint density at radius 3 is 2.60 bits per heavy atom. The lowest BCUT2D eigenvalue weighted by atomic mass is 9.91. The van der Waals surface area contributed by atoms with Gasteiger partial charge in [0.05, 0.1) is 0 Å². The standard InChI is InChI=1S/C25H30ClN3O/c1-18(25(2,3)4)28-11-7-8-19-14-21(17-27-16-19)22-10-9-20(15-23(22)26)24(30)29-12-5-6-13-29/h7,9-11,14-17H,5-6,8,12-13H2,1-4H3/b11-7-,28-18?. The first-order valence-corrected chi connectivity index (χ1v) is 10.9. The van der Waals surface area contributed by atoms with Gasteiger partial charge in [-0.25, -0.2) is 0 Å². The summed E-state index contributed by atoms with van der Waals surface area (Å²) in [5, 5.41) is 0.569. The molecule has 0 atom stereocenters. The number of halogens is 1. The number of benzene rings is 1. The van der Waals surface area contributed by atoms with Gasteiger partial charge in [-0.1, -0.05) is 44.5 Å². The molecule has 0 N–H and O–H groups in total. The summed E-state index contributed by atoms with van der Waals surface area (Å²) in [4.78, 5) is 23.4. The Morgan fingerprint density at radius 1 is 1.20 bits per heavy atom. The molecule has 0 aliphatic carbocycles. The van der Waals surface area contributed by atoms with E-state index in [1.54, 1.807) is 12.3 Å². The van der Waals surface area contributed by atoms with Crippen molar-refractivity contribution in [2.45, 2.75) is 47.0 Å². The molecule has 4 nitrogen and oxygen atoms in total. The van der Waals surface area contributed by atoms with E-state index in [9.17, 15) is 4.79 Å². The fourth-order valence-corrected chi connectivity index (χ4v) is 3.57. The maximum atomic E-state index is 12.6. The third kappa shape index (κ3) is 5.57. The number of hydrogen-bond acceptors (Lipinski definition) is 3. The molecule has 0 radical (unpaired) electrons. The van der Waals surface area contributed by atoms with Gasteiger partial charge >= 0.3 is 0 Å². The van der Waals surface area contributed by atoms with Gasteiger partial charge in [-0.05, 0) is 55.4 Å². The first-order chi connectivity index (χ1) is 14.3. The summed E-state index contributed by atoms with van der Waals surface area (Å²) in [6.45, 7) is 10.2. The number of amides is 1. The molecule has 1 amide bonds. The summed E-state index contributed by atoms with van der Waals surface area (Å²) in [6, 6.07) is 7.63. The number of allylic oxidation sites excluding steroid dienone is 1. The lowest BCUT2D eigenvalue weighted by Gasteiger charge is -2.16. The number of aromatic nitrogens is 1. The Hall–Kier alpha value is -2.46. The van der Waals surface area contributed by atoms with E-state index in [1.807, 2.05) is 42.4 Å². The van der Waals surface area contributed by atoms with Crippen LogP contribution in [-0.2, 0) is 6.42 Å². The molecule has 30 heavy (non-hydrogen) atoms. The van der Waals surface area contributed by atoms with Crippen LogP contribution in [-0.4, -0.2) is 34.6 Å². The molecule has 0 spiro atoms. The molecular weight excluding hydrogens is 394 g/mol. The van der Waals surface area contributed by atoms with Crippen LogP contribution in [0.2, 0.25) is 5.02 Å². The Balaban J connectivity index is 1.73. The van der Waals surface area contributed by atoms with E-state index in [4.69, 9.17) is 11.6 Å². The van der Waals surface area contributed by atoms with Crippen LogP contribution in [0.25, 0.3) is 11.1 Å². The van der Waals surface area contributed by atoms with Gasteiger partial charge in [0.1, 0.15) is 0 Å². The molecule has 1 aromatic heterocycles. The van der Waals surface area contributed by atoms with E-state index in [2.05, 4.69) is 36.8 Å². The maximum absolute atomic E-state index is 12.6. The molecule has 3 rings (SSSR count). The number of nitrogens with zero attached hydrogens (tertiary/aromatic N) is 3. The zero-order chi connectivity index (χ0) is 21.7. The molecule has 0 bridgehead atoms. The smallest absolute Gasteiger partial charge is 0.253 e. The molecule has 1 saturated heterocycles. The number of carbonyl (C=O) groups is 1. The van der Waals surface area contributed by atoms with Crippen molar-refractivity contribution >= 4 is 23.2 Å². The molecule has 2 aromatic rings. The van der Waals surface area contributed by atoms with Crippen LogP contribution in [0.3, 0.4) is 0 Å². The van der Waals surface area contributed by atoms with Gasteiger partial charge in [0.25, 0.3) is 5.91 Å². The highest BCUT2D eigenvalue weighted by Gasteiger charge is 2.20. The van der Waals surface area contributed by atoms with Gasteiger partial charge in [-0.15, -0.1) is 0 Å². The summed E-state index contributed by atoms with van der Waals surface area (Å²) in [5.41, 5.74) is 4.73. The number of pyridine rings is 1. The molecule has 1 aliphatic heterocycles. The number of hydrogen-bond donors (Lipinski definition) is 0. The molecule has 0 unspecified atom stereocenters. The van der Waals surface area contributed by atoms with Crippen LogP contribution in [0.4, 0.5) is 0 Å². The summed E-state index contributed by atoms with van der Waals surface area (Å²) < 4.78 is 0. The third-order valence-corrected chi connectivity index (χ3v) is 5.84. The topological polar surface area (TPSA) is 45.6 Å². The highest BCUT2D eigenvalue weighted by atomic mass is 35.5. The fourth-order valence-electron chi connectivity index (χ4n) is 3.28. The van der Waals surface area contributed by atoms with Crippen LogP contribution in [0.5, 0.6) is 0 Å². The summed E-state index contributed by atoms with van der Waals surface area (Å²) in [6.07, 6.45) is 10.4. The highest BCUT2D eigenvalue weighted by molar-refractivity contribution is 6.33. The van der Waals surface area contributed by atoms with E-state index in [0.717, 1.165) is 54.8 Å². The number of carbonyl (C=O) groups excluding carboxylic acids is 1. The molecular formula is C25H30ClN3O. The average Bonchev–Trinajstić information content (AvgIpc) is 3.24. The van der Waals surface area contributed by atoms with Crippen LogP contribution < -0.4 is 0 Å². The van der Waals surface area contributed by atoms with E-state index in [-0.39, 0.29) is 11.3 Å². The van der Waals surface area contributed by atoms with Crippen molar-refractivity contribution < 1.29 is 4.79 Å². The van der Waals surface area contributed by atoms with Crippen molar-refractivity contribution in [1.29, 1.82) is 0 Å². The van der Waals surface area contributed by atoms with Crippen LogP contribution >= 0.6 is 11.6 Å². The summed E-state index contributed by atoms with van der Waals surface area (Å²) in [7, 11) is 0. The molecule has 1 fully saturated rings. The Bertz CT molecular complexity index is 967. The Morgan fingerprint density at radius 2 is 1.93 bits per heavy atom. The zero-order valence-electron chi connectivity index (χ0n) is 18.3. The SMILES string of the molecule is CC(=N/C=C\Cc1cncc(-c2ccc(C(=O)N3CCCC3)cc2Cl)c1)C(C)(C)C. The highest BCUT2D eigenvalue weighted by Crippen LogP contribution is 2.29. The van der Waals surface area contributed by atoms with Crippen molar-refractivity contribution in [1.82, 2.24) is 9.88 Å². The van der Waals surface area contributed by atoms with Gasteiger partial charge in [0.2, 0.25) is 0 Å². The number of likely N-dealkylation sites (tertiary alicyclic amines) is 1. The van der Waals surface area contributed by atoms with Crippen molar-refractivity contribution in [3.05, 3.63) is 65.1 Å². The maximum Gasteiger partial charge on any atom is 0.253 e. The molecule has 5 heteroatoms. The minimum absolute atomic E-state index is 0.0593. The summed E-state index contributed by atoms with van der Waals surface area (Å²) in [5.74, 6) is 0.0593. The monoisotopic (exact) mass is 423 g/mol. The predicted octanol–water partition coefficient (Wildman–Crippen LogP) is 6.20. The van der Waals surface area contributed by atoms with Crippen molar-refractivity contribution in [2.24, 2.45) is 10.4 Å². The van der Waals surface area contributed by atoms with Crippen molar-refractivity contribution in [3.63, 3.8) is 0 Å². The van der Waals surface area contributed by atoms with E-state index in [1.165, 1.54) is 0 Å². The second-order valence-corrected chi connectivity index (χ2v) is 9.24. The van der Waals surface area contributed by atoms with Gasteiger partial charge in [-0.2, -0.15) is 0 Å². The lowest BCUT2D eigenvalue weighted by molar-refractivity contribution is 0.0793. The molecule has 1 aromatic carbocycles. The number of aliphatic imine (C=N–C) groups is 1. The van der Waals surface area contributed by atoms with E-state index in [0.29, 0.717) is 10.6 Å². The first-order valence-electron chi connectivity index (χ1n) is 10.5. The minimum Gasteiger partial charge on any atom is -0.339 e. The average molecular weight is 424 g/mol. The van der Waals surface area contributed by atoms with E-state index < -0.39 is 0 Å². The van der Waals surface area contributed by atoms with Crippen LogP contribution in [0.15, 0.2) is 53.9 Å². The van der Waals surface area contributed by atoms with Crippen molar-refractivity contribution in [2.75, 3.05) is 13.1 Å². The van der Waals surface area contributed by atoms with Crippen LogP contribution in [0.1, 0.15) is 56.5 Å². The predicted molar refractivity (Wildman–Crippen MR) is 125 cm³/mol. The second-order valence-electron chi connectivity index (χ2n) is 8.83. The third-order valence-electron chi connectivity index (χ3n) is 5.53. The fraction of sp³-hybridized carbons (Fsp3) is 0.400. The van der Waals surface area contributed by atoms with Gasteiger partial charge in [-0.3, -0.25) is 14.8 Å². The van der Waals surface area contributed by atoms with Gasteiger partial charge < -0.3 is 4.90 Å². The van der Waals surface area contributed by atoms with Crippen molar-refractivity contribution in [3.8, 4) is 11.1 Å². The normalized spacial score (nSPS) is 15.2. The first kappa shape index (κ1) is 22.2. The minimum atomic E-state index is 0.0593. The van der Waals surface area contributed by atoms with Crippen LogP contribution in [0, 0.1) is 5.41 Å². The zero-order valence-corrected chi connectivity index (χ0v) is 19.0. The Kier molecular flexibility index (Phi) is 7.09. The molecule has 0 saturated carbocycles. The Labute approximate surface area is 184 Å². The molecule has 2 heterocycles.